The largest absolute Gasteiger partial charge is 0.397 e. The standard InChI is InChI=1S/C14H12N4OS/c15-11-6-10(7-16-8-11)14-17-13(18-19-14)9-20-12-4-2-1-3-5-12/h1-8H,9,15H2. The van der Waals surface area contributed by atoms with E-state index >= 15 is 0 Å². The Morgan fingerprint density at radius 1 is 1.15 bits per heavy atom. The van der Waals surface area contributed by atoms with Gasteiger partial charge < -0.3 is 10.3 Å². The van der Waals surface area contributed by atoms with Gasteiger partial charge in [-0.3, -0.25) is 4.98 Å². The molecule has 0 unspecified atom stereocenters. The van der Waals surface area contributed by atoms with Gasteiger partial charge >= 0.3 is 0 Å². The molecule has 0 atom stereocenters. The van der Waals surface area contributed by atoms with E-state index in [2.05, 4.69) is 15.1 Å². The molecule has 0 aliphatic heterocycles. The molecule has 0 bridgehead atoms. The smallest absolute Gasteiger partial charge is 0.259 e. The number of nitrogen functional groups attached to an aromatic ring is 1. The molecule has 6 heteroatoms. The average Bonchev–Trinajstić information content (AvgIpc) is 2.95. The van der Waals surface area contributed by atoms with Gasteiger partial charge in [0.15, 0.2) is 5.82 Å². The van der Waals surface area contributed by atoms with Gasteiger partial charge in [0.1, 0.15) is 0 Å². The maximum Gasteiger partial charge on any atom is 0.259 e. The zero-order valence-corrected chi connectivity index (χ0v) is 11.4. The summed E-state index contributed by atoms with van der Waals surface area (Å²) in [5.74, 6) is 1.74. The Labute approximate surface area is 120 Å². The molecule has 100 valence electrons. The van der Waals surface area contributed by atoms with Crippen LogP contribution in [0.25, 0.3) is 11.5 Å². The van der Waals surface area contributed by atoms with Crippen LogP contribution in [0.4, 0.5) is 5.69 Å². The van der Waals surface area contributed by atoms with Crippen LogP contribution in [0, 0.1) is 0 Å². The zero-order chi connectivity index (χ0) is 13.8. The lowest BCUT2D eigenvalue weighted by Gasteiger charge is -1.96. The Morgan fingerprint density at radius 2 is 2.00 bits per heavy atom. The third kappa shape index (κ3) is 2.97. The molecule has 3 aromatic rings. The van der Waals surface area contributed by atoms with Crippen LogP contribution in [0.3, 0.4) is 0 Å². The number of thioether (sulfide) groups is 1. The molecule has 2 heterocycles. The SMILES string of the molecule is Nc1cncc(-c2nc(CSc3ccccc3)no2)c1. The zero-order valence-electron chi connectivity index (χ0n) is 10.6. The monoisotopic (exact) mass is 284 g/mol. The summed E-state index contributed by atoms with van der Waals surface area (Å²) >= 11 is 1.66. The van der Waals surface area contributed by atoms with Crippen LogP contribution in [0.2, 0.25) is 0 Å². The molecular weight excluding hydrogens is 272 g/mol. The highest BCUT2D eigenvalue weighted by atomic mass is 32.2. The Bertz CT molecular complexity index is 699. The van der Waals surface area contributed by atoms with Gasteiger partial charge in [-0.05, 0) is 18.2 Å². The predicted octanol–water partition coefficient (Wildman–Crippen LogP) is 3.01. The predicted molar refractivity (Wildman–Crippen MR) is 77.9 cm³/mol. The van der Waals surface area contributed by atoms with Crippen LogP contribution in [-0.2, 0) is 5.75 Å². The maximum atomic E-state index is 5.68. The van der Waals surface area contributed by atoms with Gasteiger partial charge in [-0.2, -0.15) is 4.98 Å². The molecular formula is C14H12N4OS. The minimum Gasteiger partial charge on any atom is -0.397 e. The van der Waals surface area contributed by atoms with Crippen molar-refractivity contribution < 1.29 is 4.52 Å². The Hall–Kier alpha value is -2.34. The summed E-state index contributed by atoms with van der Waals surface area (Å²) in [6, 6.07) is 11.9. The molecule has 1 aromatic carbocycles. The lowest BCUT2D eigenvalue weighted by molar-refractivity contribution is 0.425. The molecule has 0 saturated carbocycles. The van der Waals surface area contributed by atoms with Crippen LogP contribution in [0.5, 0.6) is 0 Å². The number of anilines is 1. The summed E-state index contributed by atoms with van der Waals surface area (Å²) in [7, 11) is 0. The van der Waals surface area contributed by atoms with Crippen molar-refractivity contribution in [1.82, 2.24) is 15.1 Å². The number of rotatable bonds is 4. The number of nitrogens with zero attached hydrogens (tertiary/aromatic N) is 3. The van der Waals surface area contributed by atoms with Gasteiger partial charge in [0.05, 0.1) is 17.0 Å². The topological polar surface area (TPSA) is 77.8 Å². The van der Waals surface area contributed by atoms with Crippen molar-refractivity contribution in [2.45, 2.75) is 10.6 Å². The van der Waals surface area contributed by atoms with Crippen molar-refractivity contribution in [1.29, 1.82) is 0 Å². The van der Waals surface area contributed by atoms with Crippen LogP contribution in [0.1, 0.15) is 5.82 Å². The molecule has 0 aliphatic carbocycles. The van der Waals surface area contributed by atoms with E-state index in [0.717, 1.165) is 5.56 Å². The fraction of sp³-hybridized carbons (Fsp3) is 0.0714. The summed E-state index contributed by atoms with van der Waals surface area (Å²) in [6.45, 7) is 0. The van der Waals surface area contributed by atoms with Gasteiger partial charge in [0, 0.05) is 17.3 Å². The molecule has 0 fully saturated rings. The van der Waals surface area contributed by atoms with E-state index in [4.69, 9.17) is 10.3 Å². The molecule has 0 radical (unpaired) electrons. The molecule has 20 heavy (non-hydrogen) atoms. The molecule has 0 aliphatic rings. The summed E-state index contributed by atoms with van der Waals surface area (Å²) in [6.07, 6.45) is 3.23. The van der Waals surface area contributed by atoms with Crippen LogP contribution >= 0.6 is 11.8 Å². The Balaban J connectivity index is 1.71. The van der Waals surface area contributed by atoms with E-state index in [0.29, 0.717) is 23.2 Å². The van der Waals surface area contributed by atoms with Crippen LogP contribution in [0.15, 0.2) is 58.2 Å². The van der Waals surface area contributed by atoms with Gasteiger partial charge in [0.25, 0.3) is 5.89 Å². The normalized spacial score (nSPS) is 10.6. The van der Waals surface area contributed by atoms with Crippen molar-refractivity contribution in [3.63, 3.8) is 0 Å². The number of benzene rings is 1. The highest BCUT2D eigenvalue weighted by molar-refractivity contribution is 7.98. The molecule has 5 nitrogen and oxygen atoms in total. The first-order valence-electron chi connectivity index (χ1n) is 6.02. The molecule has 0 amide bonds. The minimum absolute atomic E-state index is 0.438. The van der Waals surface area contributed by atoms with Crippen molar-refractivity contribution in [2.24, 2.45) is 0 Å². The van der Waals surface area contributed by atoms with E-state index in [1.54, 1.807) is 30.2 Å². The Morgan fingerprint density at radius 3 is 2.80 bits per heavy atom. The first-order chi connectivity index (χ1) is 9.81. The number of nitrogens with two attached hydrogens (primary N) is 1. The molecule has 0 spiro atoms. The van der Waals surface area contributed by atoms with Crippen molar-refractivity contribution in [3.8, 4) is 11.5 Å². The first kappa shape index (κ1) is 12.7. The average molecular weight is 284 g/mol. The van der Waals surface area contributed by atoms with E-state index in [1.807, 2.05) is 30.3 Å². The van der Waals surface area contributed by atoms with Gasteiger partial charge in [-0.1, -0.05) is 23.4 Å². The second-order valence-electron chi connectivity index (χ2n) is 4.12. The Kier molecular flexibility index (Phi) is 3.64. The van der Waals surface area contributed by atoms with Gasteiger partial charge in [-0.25, -0.2) is 0 Å². The third-order valence-electron chi connectivity index (χ3n) is 2.59. The quantitative estimate of drug-likeness (QED) is 0.742. The van der Waals surface area contributed by atoms with Crippen molar-refractivity contribution >= 4 is 17.4 Å². The second kappa shape index (κ2) is 5.75. The summed E-state index contributed by atoms with van der Waals surface area (Å²) in [4.78, 5) is 9.52. The summed E-state index contributed by atoms with van der Waals surface area (Å²) in [5.41, 5.74) is 6.98. The lowest BCUT2D eigenvalue weighted by Crippen LogP contribution is -1.88. The van der Waals surface area contributed by atoms with Gasteiger partial charge in [-0.15, -0.1) is 11.8 Å². The second-order valence-corrected chi connectivity index (χ2v) is 5.17. The van der Waals surface area contributed by atoms with E-state index < -0.39 is 0 Å². The number of hydrogen-bond acceptors (Lipinski definition) is 6. The number of hydrogen-bond donors (Lipinski definition) is 1. The molecule has 3 rings (SSSR count). The van der Waals surface area contributed by atoms with E-state index in [1.165, 1.54) is 4.90 Å². The van der Waals surface area contributed by atoms with Crippen molar-refractivity contribution in [2.75, 3.05) is 5.73 Å². The lowest BCUT2D eigenvalue weighted by atomic mass is 10.2. The number of aromatic nitrogens is 3. The van der Waals surface area contributed by atoms with E-state index in [-0.39, 0.29) is 0 Å². The molecule has 0 saturated heterocycles. The minimum atomic E-state index is 0.438. The van der Waals surface area contributed by atoms with Crippen LogP contribution < -0.4 is 5.73 Å². The molecule has 2 aromatic heterocycles. The fourth-order valence-electron chi connectivity index (χ4n) is 1.67. The van der Waals surface area contributed by atoms with Gasteiger partial charge in [0.2, 0.25) is 0 Å². The molecule has 2 N–H and O–H groups in total. The highest BCUT2D eigenvalue weighted by Gasteiger charge is 2.09. The fourth-order valence-corrected chi connectivity index (χ4v) is 2.43. The van der Waals surface area contributed by atoms with Crippen LogP contribution in [-0.4, -0.2) is 15.1 Å². The van der Waals surface area contributed by atoms with Crippen molar-refractivity contribution in [3.05, 3.63) is 54.6 Å². The maximum absolute atomic E-state index is 5.68. The van der Waals surface area contributed by atoms with E-state index in [9.17, 15) is 0 Å². The number of pyridine rings is 1. The third-order valence-corrected chi connectivity index (χ3v) is 3.59. The summed E-state index contributed by atoms with van der Waals surface area (Å²) < 4.78 is 5.22. The first-order valence-corrected chi connectivity index (χ1v) is 7.01. The summed E-state index contributed by atoms with van der Waals surface area (Å²) in [5, 5.41) is 3.96. The highest BCUT2D eigenvalue weighted by Crippen LogP contribution is 2.23.